The fourth-order valence-corrected chi connectivity index (χ4v) is 1.83. The maximum atomic E-state index is 5.60. The Bertz CT molecular complexity index is 773. The Balaban J connectivity index is 1.87. The summed E-state index contributed by atoms with van der Waals surface area (Å²) < 4.78 is 5.60. The number of aromatic nitrogens is 3. The highest BCUT2D eigenvalue weighted by Crippen LogP contribution is 2.22. The minimum atomic E-state index is 0.205. The van der Waals surface area contributed by atoms with Crippen LogP contribution in [0.4, 0.5) is 0 Å². The summed E-state index contributed by atoms with van der Waals surface area (Å²) in [6.45, 7) is 0. The van der Waals surface area contributed by atoms with E-state index in [4.69, 9.17) is 22.7 Å². The van der Waals surface area contributed by atoms with Crippen LogP contribution in [-0.4, -0.2) is 19.9 Å². The summed E-state index contributed by atoms with van der Waals surface area (Å²) in [6, 6.07) is 9.69. The monoisotopic (exact) mass is 282 g/mol. The minimum Gasteiger partial charge on any atom is -0.436 e. The number of hydrogen-bond acceptors (Lipinski definition) is 5. The first kappa shape index (κ1) is 12.4. The fourth-order valence-electron chi connectivity index (χ4n) is 1.72. The van der Waals surface area contributed by atoms with Crippen LogP contribution in [0.2, 0.25) is 0 Å². The van der Waals surface area contributed by atoms with Crippen molar-refractivity contribution in [2.45, 2.75) is 0 Å². The van der Waals surface area contributed by atoms with E-state index in [2.05, 4.69) is 15.0 Å². The lowest BCUT2D eigenvalue weighted by atomic mass is 10.2. The molecule has 0 radical (unpaired) electrons. The van der Waals surface area contributed by atoms with Crippen LogP contribution in [0.5, 0.6) is 11.6 Å². The van der Waals surface area contributed by atoms with Crippen LogP contribution < -0.4 is 10.5 Å². The Hall–Kier alpha value is -2.60. The van der Waals surface area contributed by atoms with Crippen LogP contribution in [0.1, 0.15) is 5.69 Å². The second-order valence-corrected chi connectivity index (χ2v) is 4.51. The van der Waals surface area contributed by atoms with Gasteiger partial charge >= 0.3 is 0 Å². The zero-order chi connectivity index (χ0) is 13.9. The van der Waals surface area contributed by atoms with Gasteiger partial charge in [-0.2, -0.15) is 0 Å². The van der Waals surface area contributed by atoms with Crippen LogP contribution in [-0.2, 0) is 0 Å². The molecule has 2 heterocycles. The lowest BCUT2D eigenvalue weighted by molar-refractivity contribution is 0.459. The fraction of sp³-hybridized carbons (Fsp3) is 0. The summed E-state index contributed by atoms with van der Waals surface area (Å²) in [7, 11) is 0. The van der Waals surface area contributed by atoms with Crippen LogP contribution in [0.15, 0.2) is 48.9 Å². The van der Waals surface area contributed by atoms with Crippen molar-refractivity contribution in [2.75, 3.05) is 0 Å². The van der Waals surface area contributed by atoms with Crippen LogP contribution in [0.3, 0.4) is 0 Å². The van der Waals surface area contributed by atoms with Crippen molar-refractivity contribution in [2.24, 2.45) is 5.73 Å². The number of thiocarbonyl (C=S) groups is 1. The van der Waals surface area contributed by atoms with E-state index in [0.29, 0.717) is 17.3 Å². The first-order valence-corrected chi connectivity index (χ1v) is 6.28. The van der Waals surface area contributed by atoms with E-state index in [-0.39, 0.29) is 4.99 Å². The third-order valence-corrected chi connectivity index (χ3v) is 2.88. The Kier molecular flexibility index (Phi) is 3.22. The van der Waals surface area contributed by atoms with Gasteiger partial charge in [0.15, 0.2) is 0 Å². The number of pyridine rings is 1. The van der Waals surface area contributed by atoms with E-state index in [9.17, 15) is 0 Å². The number of benzene rings is 1. The summed E-state index contributed by atoms with van der Waals surface area (Å²) in [5.41, 5.74) is 6.83. The van der Waals surface area contributed by atoms with Gasteiger partial charge in [0.25, 0.3) is 0 Å². The van der Waals surface area contributed by atoms with Crippen LogP contribution in [0.25, 0.3) is 10.9 Å². The first-order chi connectivity index (χ1) is 9.72. The van der Waals surface area contributed by atoms with E-state index in [0.717, 1.165) is 10.9 Å². The van der Waals surface area contributed by atoms with Gasteiger partial charge in [-0.1, -0.05) is 30.4 Å². The number of rotatable bonds is 3. The average molecular weight is 282 g/mol. The third kappa shape index (κ3) is 2.55. The van der Waals surface area contributed by atoms with Gasteiger partial charge in [-0.25, -0.2) is 9.97 Å². The predicted molar refractivity (Wildman–Crippen MR) is 79.7 cm³/mol. The number of para-hydroxylation sites is 1. The Morgan fingerprint density at radius 3 is 2.65 bits per heavy atom. The number of hydrogen-bond donors (Lipinski definition) is 1. The second-order valence-electron chi connectivity index (χ2n) is 4.07. The molecule has 3 rings (SSSR count). The Morgan fingerprint density at radius 2 is 1.90 bits per heavy atom. The molecule has 0 aliphatic rings. The molecule has 0 atom stereocenters. The van der Waals surface area contributed by atoms with Crippen molar-refractivity contribution in [3.63, 3.8) is 0 Å². The molecule has 0 saturated heterocycles. The molecule has 0 amide bonds. The third-order valence-electron chi connectivity index (χ3n) is 2.67. The van der Waals surface area contributed by atoms with Gasteiger partial charge in [-0.3, -0.25) is 4.98 Å². The zero-order valence-electron chi connectivity index (χ0n) is 10.4. The molecule has 0 aliphatic heterocycles. The van der Waals surface area contributed by atoms with Gasteiger partial charge in [0.05, 0.1) is 24.1 Å². The van der Waals surface area contributed by atoms with Crippen LogP contribution in [0, 0.1) is 0 Å². The number of nitrogens with two attached hydrogens (primary N) is 1. The predicted octanol–water partition coefficient (Wildman–Crippen LogP) is 2.45. The highest BCUT2D eigenvalue weighted by molar-refractivity contribution is 7.80. The van der Waals surface area contributed by atoms with Crippen LogP contribution >= 0.6 is 12.2 Å². The number of fused-ring (bicyclic) bond motifs is 1. The molecule has 3 aromatic rings. The topological polar surface area (TPSA) is 73.9 Å². The van der Waals surface area contributed by atoms with Crippen molar-refractivity contribution in [1.82, 2.24) is 15.0 Å². The lowest BCUT2D eigenvalue weighted by Gasteiger charge is -2.05. The van der Waals surface area contributed by atoms with Crippen molar-refractivity contribution in [3.05, 3.63) is 54.6 Å². The minimum absolute atomic E-state index is 0.205. The summed E-state index contributed by atoms with van der Waals surface area (Å²) in [6.07, 6.45) is 4.60. The maximum absolute atomic E-state index is 5.60. The van der Waals surface area contributed by atoms with Gasteiger partial charge in [0.2, 0.25) is 5.88 Å². The molecule has 5 nitrogen and oxygen atoms in total. The largest absolute Gasteiger partial charge is 0.436 e. The van der Waals surface area contributed by atoms with E-state index < -0.39 is 0 Å². The SMILES string of the molecule is NC(=S)c1cnc(Oc2cnc3ccccc3c2)cn1. The number of ether oxygens (including phenoxy) is 1. The zero-order valence-corrected chi connectivity index (χ0v) is 11.2. The van der Waals surface area contributed by atoms with Crippen molar-refractivity contribution < 1.29 is 4.74 Å². The lowest BCUT2D eigenvalue weighted by Crippen LogP contribution is -2.11. The highest BCUT2D eigenvalue weighted by Gasteiger charge is 2.03. The summed E-state index contributed by atoms with van der Waals surface area (Å²) in [5, 5.41) is 0.998. The van der Waals surface area contributed by atoms with Gasteiger partial charge in [-0.15, -0.1) is 0 Å². The molecule has 2 N–H and O–H groups in total. The molecule has 20 heavy (non-hydrogen) atoms. The molecule has 0 bridgehead atoms. The standard InChI is InChI=1S/C14H10N4OS/c15-14(20)12-7-18-13(8-17-12)19-10-5-9-3-1-2-4-11(9)16-6-10/h1-8H,(H2,15,20). The quantitative estimate of drug-likeness (QED) is 0.744. The average Bonchev–Trinajstić information content (AvgIpc) is 2.48. The Morgan fingerprint density at radius 1 is 1.05 bits per heavy atom. The van der Waals surface area contributed by atoms with E-state index >= 15 is 0 Å². The summed E-state index contributed by atoms with van der Waals surface area (Å²) in [5.74, 6) is 0.961. The molecular formula is C14H10N4OS. The summed E-state index contributed by atoms with van der Waals surface area (Å²) >= 11 is 4.81. The molecular weight excluding hydrogens is 272 g/mol. The van der Waals surface area contributed by atoms with Gasteiger partial charge < -0.3 is 10.5 Å². The normalized spacial score (nSPS) is 10.4. The van der Waals surface area contributed by atoms with Crippen molar-refractivity contribution in [3.8, 4) is 11.6 Å². The molecule has 98 valence electrons. The summed E-state index contributed by atoms with van der Waals surface area (Å²) in [4.78, 5) is 12.7. The Labute approximate surface area is 120 Å². The number of nitrogens with zero attached hydrogens (tertiary/aromatic N) is 3. The van der Waals surface area contributed by atoms with Gasteiger partial charge in [0, 0.05) is 5.39 Å². The molecule has 0 aliphatic carbocycles. The smallest absolute Gasteiger partial charge is 0.237 e. The molecule has 0 spiro atoms. The molecule has 2 aromatic heterocycles. The van der Waals surface area contributed by atoms with E-state index in [1.54, 1.807) is 6.20 Å². The molecule has 0 unspecified atom stereocenters. The van der Waals surface area contributed by atoms with Gasteiger partial charge in [-0.05, 0) is 12.1 Å². The van der Waals surface area contributed by atoms with Gasteiger partial charge in [0.1, 0.15) is 16.4 Å². The molecule has 0 saturated carbocycles. The van der Waals surface area contributed by atoms with E-state index in [1.807, 2.05) is 30.3 Å². The van der Waals surface area contributed by atoms with E-state index in [1.165, 1.54) is 12.4 Å². The molecule has 1 aromatic carbocycles. The van der Waals surface area contributed by atoms with Crippen molar-refractivity contribution in [1.29, 1.82) is 0 Å². The molecule has 6 heteroatoms. The van der Waals surface area contributed by atoms with Crippen molar-refractivity contribution >= 4 is 28.1 Å². The first-order valence-electron chi connectivity index (χ1n) is 5.87. The maximum Gasteiger partial charge on any atom is 0.237 e. The molecule has 0 fully saturated rings. The second kappa shape index (κ2) is 5.18. The highest BCUT2D eigenvalue weighted by atomic mass is 32.1.